The number of nitrogens with zero attached hydrogens (tertiary/aromatic N) is 1. The Morgan fingerprint density at radius 1 is 1.54 bits per heavy atom. The third-order valence-corrected chi connectivity index (χ3v) is 3.08. The molecule has 13 heavy (non-hydrogen) atoms. The van der Waals surface area contributed by atoms with Crippen molar-refractivity contribution in [2.24, 2.45) is 11.8 Å². The molecule has 1 fully saturated rings. The quantitative estimate of drug-likeness (QED) is 0.615. The highest BCUT2D eigenvalue weighted by Gasteiger charge is 2.26. The van der Waals surface area contributed by atoms with E-state index in [-0.39, 0.29) is 6.67 Å². The van der Waals surface area contributed by atoms with Gasteiger partial charge in [0, 0.05) is 13.1 Å². The predicted octanol–water partition coefficient (Wildman–Crippen LogP) is 1.85. The smallest absolute Gasteiger partial charge is 0.209 e. The van der Waals surface area contributed by atoms with Crippen LogP contribution in [-0.4, -0.2) is 31.1 Å². The minimum absolute atomic E-state index is 0.220. The van der Waals surface area contributed by atoms with E-state index in [1.165, 1.54) is 0 Å². The Hall–Kier alpha value is -0.600. The van der Waals surface area contributed by atoms with Gasteiger partial charge in [0.15, 0.2) is 0 Å². The largest absolute Gasteiger partial charge is 0.345 e. The first-order chi connectivity index (χ1) is 6.31. The van der Waals surface area contributed by atoms with E-state index < -0.39 is 0 Å². The van der Waals surface area contributed by atoms with Crippen LogP contribution in [0.1, 0.15) is 26.2 Å². The Bertz CT molecular complexity index is 163. The van der Waals surface area contributed by atoms with Crippen LogP contribution in [0.5, 0.6) is 0 Å². The van der Waals surface area contributed by atoms with Gasteiger partial charge in [-0.15, -0.1) is 0 Å². The molecule has 76 valence electrons. The van der Waals surface area contributed by atoms with Crippen LogP contribution in [0.15, 0.2) is 0 Å². The van der Waals surface area contributed by atoms with Gasteiger partial charge in [-0.2, -0.15) is 0 Å². The zero-order valence-electron chi connectivity index (χ0n) is 8.21. The molecule has 0 bridgehead atoms. The maximum absolute atomic E-state index is 12.2. The molecule has 3 heteroatoms. The normalized spacial score (nSPS) is 28.9. The van der Waals surface area contributed by atoms with Gasteiger partial charge < -0.3 is 4.90 Å². The van der Waals surface area contributed by atoms with Crippen molar-refractivity contribution in [2.75, 3.05) is 19.8 Å². The van der Waals surface area contributed by atoms with Crippen molar-refractivity contribution >= 4 is 6.41 Å². The molecule has 2 nitrogen and oxygen atoms in total. The molecule has 1 heterocycles. The van der Waals surface area contributed by atoms with Crippen molar-refractivity contribution in [2.45, 2.75) is 26.2 Å². The van der Waals surface area contributed by atoms with Crippen molar-refractivity contribution in [3.8, 4) is 0 Å². The molecule has 2 atom stereocenters. The summed E-state index contributed by atoms with van der Waals surface area (Å²) in [5.41, 5.74) is 0. The van der Waals surface area contributed by atoms with E-state index in [0.29, 0.717) is 18.3 Å². The first kappa shape index (κ1) is 10.5. The van der Waals surface area contributed by atoms with Crippen LogP contribution in [0.2, 0.25) is 0 Å². The van der Waals surface area contributed by atoms with Gasteiger partial charge in [-0.25, -0.2) is 0 Å². The molecule has 0 aromatic carbocycles. The summed E-state index contributed by atoms with van der Waals surface area (Å²) < 4.78 is 12.2. The van der Waals surface area contributed by atoms with Gasteiger partial charge in [-0.1, -0.05) is 13.3 Å². The first-order valence-electron chi connectivity index (χ1n) is 5.07. The molecular formula is C10H18FNO. The van der Waals surface area contributed by atoms with Gasteiger partial charge in [-0.05, 0) is 24.7 Å². The molecule has 1 aliphatic heterocycles. The maximum atomic E-state index is 12.2. The number of likely N-dealkylation sites (tertiary alicyclic amines) is 1. The van der Waals surface area contributed by atoms with E-state index in [1.807, 2.05) is 4.90 Å². The third-order valence-electron chi connectivity index (χ3n) is 3.08. The number of halogens is 1. The Morgan fingerprint density at radius 3 is 2.85 bits per heavy atom. The van der Waals surface area contributed by atoms with Crippen LogP contribution in [0.3, 0.4) is 0 Å². The lowest BCUT2D eigenvalue weighted by molar-refractivity contribution is -0.120. The third kappa shape index (κ3) is 2.68. The molecule has 1 amide bonds. The average molecular weight is 187 g/mol. The monoisotopic (exact) mass is 187 g/mol. The molecule has 0 spiro atoms. The second-order valence-electron chi connectivity index (χ2n) is 3.80. The first-order valence-corrected chi connectivity index (χ1v) is 5.07. The molecule has 0 saturated carbocycles. The summed E-state index contributed by atoms with van der Waals surface area (Å²) in [6.45, 7) is 3.53. The topological polar surface area (TPSA) is 20.3 Å². The highest BCUT2D eigenvalue weighted by Crippen LogP contribution is 2.28. The molecular weight excluding hydrogens is 169 g/mol. The van der Waals surface area contributed by atoms with E-state index in [0.717, 1.165) is 32.3 Å². The van der Waals surface area contributed by atoms with Gasteiger partial charge in [0.1, 0.15) is 0 Å². The molecule has 2 unspecified atom stereocenters. The zero-order valence-corrected chi connectivity index (χ0v) is 8.21. The van der Waals surface area contributed by atoms with Crippen LogP contribution in [0.4, 0.5) is 4.39 Å². The molecule has 1 saturated heterocycles. The number of carbonyl (C=O) groups is 1. The van der Waals surface area contributed by atoms with Crippen molar-refractivity contribution in [1.82, 2.24) is 4.90 Å². The number of piperidine rings is 1. The summed E-state index contributed by atoms with van der Waals surface area (Å²) in [7, 11) is 0. The maximum Gasteiger partial charge on any atom is 0.209 e. The van der Waals surface area contributed by atoms with Crippen LogP contribution >= 0.6 is 0 Å². The fourth-order valence-corrected chi connectivity index (χ4v) is 2.19. The molecule has 0 radical (unpaired) electrons. The number of amides is 1. The minimum atomic E-state index is -0.220. The zero-order chi connectivity index (χ0) is 9.68. The molecule has 1 rings (SSSR count). The van der Waals surface area contributed by atoms with Crippen molar-refractivity contribution in [3.63, 3.8) is 0 Å². The van der Waals surface area contributed by atoms with Crippen LogP contribution < -0.4 is 0 Å². The molecule has 0 aromatic heterocycles. The second kappa shape index (κ2) is 5.20. The van der Waals surface area contributed by atoms with E-state index >= 15 is 0 Å². The average Bonchev–Trinajstić information content (AvgIpc) is 2.19. The lowest BCUT2D eigenvalue weighted by Crippen LogP contribution is -2.39. The van der Waals surface area contributed by atoms with Crippen molar-refractivity contribution in [3.05, 3.63) is 0 Å². The molecule has 0 aromatic rings. The van der Waals surface area contributed by atoms with Gasteiger partial charge in [0.25, 0.3) is 0 Å². The summed E-state index contributed by atoms with van der Waals surface area (Å²) in [5.74, 6) is 1.00. The lowest BCUT2D eigenvalue weighted by Gasteiger charge is -2.36. The van der Waals surface area contributed by atoms with E-state index in [9.17, 15) is 9.18 Å². The van der Waals surface area contributed by atoms with Crippen molar-refractivity contribution < 1.29 is 9.18 Å². The highest BCUT2D eigenvalue weighted by molar-refractivity contribution is 5.47. The van der Waals surface area contributed by atoms with Crippen LogP contribution in [-0.2, 0) is 4.79 Å². The Labute approximate surface area is 79.1 Å². The van der Waals surface area contributed by atoms with Crippen LogP contribution in [0.25, 0.3) is 0 Å². The Balaban J connectivity index is 2.44. The number of alkyl halides is 1. The second-order valence-corrected chi connectivity index (χ2v) is 3.80. The summed E-state index contributed by atoms with van der Waals surface area (Å²) >= 11 is 0. The van der Waals surface area contributed by atoms with Gasteiger partial charge in [-0.3, -0.25) is 9.18 Å². The Kier molecular flexibility index (Phi) is 4.19. The van der Waals surface area contributed by atoms with E-state index in [2.05, 4.69) is 6.92 Å². The van der Waals surface area contributed by atoms with Gasteiger partial charge >= 0.3 is 0 Å². The number of rotatable bonds is 4. The summed E-state index contributed by atoms with van der Waals surface area (Å²) in [6, 6.07) is 0. The van der Waals surface area contributed by atoms with Crippen LogP contribution in [0, 0.1) is 11.8 Å². The van der Waals surface area contributed by atoms with E-state index in [1.54, 1.807) is 0 Å². The lowest BCUT2D eigenvalue weighted by atomic mass is 9.82. The molecule has 1 aliphatic rings. The summed E-state index contributed by atoms with van der Waals surface area (Å²) in [5, 5.41) is 0. The highest BCUT2D eigenvalue weighted by atomic mass is 19.1. The molecule has 0 N–H and O–H groups in total. The van der Waals surface area contributed by atoms with Gasteiger partial charge in [0.05, 0.1) is 6.67 Å². The molecule has 0 aliphatic carbocycles. The number of hydrogen-bond donors (Lipinski definition) is 0. The van der Waals surface area contributed by atoms with Gasteiger partial charge in [0.2, 0.25) is 6.41 Å². The standard InChI is InChI=1S/C10H18FNO/c1-2-9-7-12(8-13)6-4-10(9)3-5-11/h8-10H,2-7H2,1H3. The Morgan fingerprint density at radius 2 is 2.31 bits per heavy atom. The fraction of sp³-hybridized carbons (Fsp3) is 0.900. The van der Waals surface area contributed by atoms with Crippen molar-refractivity contribution in [1.29, 1.82) is 0 Å². The number of carbonyl (C=O) groups excluding carboxylic acids is 1. The minimum Gasteiger partial charge on any atom is -0.345 e. The summed E-state index contributed by atoms with van der Waals surface area (Å²) in [4.78, 5) is 12.3. The SMILES string of the molecule is CCC1CN(C=O)CCC1CCF. The summed E-state index contributed by atoms with van der Waals surface area (Å²) in [6.07, 6.45) is 3.61. The number of hydrogen-bond acceptors (Lipinski definition) is 1. The fourth-order valence-electron chi connectivity index (χ4n) is 2.19. The predicted molar refractivity (Wildman–Crippen MR) is 50.1 cm³/mol. The van der Waals surface area contributed by atoms with E-state index in [4.69, 9.17) is 0 Å².